The Morgan fingerprint density at radius 2 is 2.05 bits per heavy atom. The van der Waals surface area contributed by atoms with E-state index in [9.17, 15) is 4.79 Å². The van der Waals surface area contributed by atoms with E-state index in [1.54, 1.807) is 18.2 Å². The zero-order valence-corrected chi connectivity index (χ0v) is 12.8. The number of rotatable bonds is 8. The Bertz CT molecular complexity index is 614. The van der Waals surface area contributed by atoms with E-state index in [1.807, 2.05) is 12.1 Å². The second-order valence-electron chi connectivity index (χ2n) is 4.95. The van der Waals surface area contributed by atoms with E-state index in [2.05, 4.69) is 31.0 Å². The fraction of sp³-hybridized carbons (Fsp3) is 0.278. The minimum atomic E-state index is -0.255. The summed E-state index contributed by atoms with van der Waals surface area (Å²) in [6.45, 7) is 6.41. The molecule has 0 aliphatic carbocycles. The molecule has 22 heavy (non-hydrogen) atoms. The van der Waals surface area contributed by atoms with E-state index in [-0.39, 0.29) is 11.7 Å². The number of furan rings is 1. The molecule has 0 aliphatic heterocycles. The molecule has 4 heteroatoms. The summed E-state index contributed by atoms with van der Waals surface area (Å²) in [6, 6.07) is 11.4. The maximum absolute atomic E-state index is 11.7. The van der Waals surface area contributed by atoms with Crippen molar-refractivity contribution in [3.05, 3.63) is 66.1 Å². The summed E-state index contributed by atoms with van der Waals surface area (Å²) in [5.74, 6) is 1.42. The average Bonchev–Trinajstić information content (AvgIpc) is 3.01. The van der Waals surface area contributed by atoms with Crippen LogP contribution in [0.25, 0.3) is 0 Å². The molecule has 2 aromatic rings. The van der Waals surface area contributed by atoms with Gasteiger partial charge < -0.3 is 14.5 Å². The van der Waals surface area contributed by atoms with Crippen LogP contribution in [0.1, 0.15) is 35.2 Å². The van der Waals surface area contributed by atoms with Crippen LogP contribution in [0.2, 0.25) is 0 Å². The van der Waals surface area contributed by atoms with E-state index >= 15 is 0 Å². The van der Waals surface area contributed by atoms with Crippen molar-refractivity contribution >= 4 is 5.91 Å². The lowest BCUT2D eigenvalue weighted by molar-refractivity contribution is 0.0926. The van der Waals surface area contributed by atoms with Gasteiger partial charge in [0, 0.05) is 6.54 Å². The highest BCUT2D eigenvalue weighted by atomic mass is 16.5. The van der Waals surface area contributed by atoms with Gasteiger partial charge in [-0.1, -0.05) is 31.6 Å². The van der Waals surface area contributed by atoms with Crippen LogP contribution >= 0.6 is 0 Å². The van der Waals surface area contributed by atoms with Gasteiger partial charge in [-0.25, -0.2) is 0 Å². The lowest BCUT2D eigenvalue weighted by Crippen LogP contribution is -2.22. The van der Waals surface area contributed by atoms with E-state index in [0.29, 0.717) is 18.9 Å². The highest BCUT2D eigenvalue weighted by molar-refractivity contribution is 5.91. The summed E-state index contributed by atoms with van der Waals surface area (Å²) in [7, 11) is 0. The molecule has 2 rings (SSSR count). The zero-order valence-electron chi connectivity index (χ0n) is 12.8. The molecular weight excluding hydrogens is 278 g/mol. The molecular formula is C18H21NO3. The van der Waals surface area contributed by atoms with E-state index in [0.717, 1.165) is 18.6 Å². The fourth-order valence-electron chi connectivity index (χ4n) is 2.02. The molecule has 0 unspecified atom stereocenters. The third-order valence-corrected chi connectivity index (χ3v) is 3.14. The number of nitrogens with one attached hydrogen (secondary N) is 1. The molecule has 1 heterocycles. The van der Waals surface area contributed by atoms with E-state index < -0.39 is 0 Å². The molecule has 0 spiro atoms. The summed E-state index contributed by atoms with van der Waals surface area (Å²) in [5.41, 5.74) is 1.30. The first-order valence-corrected chi connectivity index (χ1v) is 7.42. The van der Waals surface area contributed by atoms with Gasteiger partial charge in [0.05, 0.1) is 0 Å². The Kier molecular flexibility index (Phi) is 5.83. The average molecular weight is 299 g/mol. The Morgan fingerprint density at radius 1 is 1.27 bits per heavy atom. The Morgan fingerprint density at radius 3 is 2.73 bits per heavy atom. The highest BCUT2D eigenvalue weighted by Gasteiger charge is 2.10. The van der Waals surface area contributed by atoms with Gasteiger partial charge in [-0.2, -0.15) is 0 Å². The first kappa shape index (κ1) is 15.9. The largest absolute Gasteiger partial charge is 0.486 e. The van der Waals surface area contributed by atoms with Crippen LogP contribution in [0.3, 0.4) is 0 Å². The maximum Gasteiger partial charge on any atom is 0.287 e. The molecule has 1 amide bonds. The van der Waals surface area contributed by atoms with Crippen LogP contribution in [-0.2, 0) is 13.0 Å². The van der Waals surface area contributed by atoms with Gasteiger partial charge in [-0.05, 0) is 36.2 Å². The number of aryl methyl sites for hydroxylation is 1. The summed E-state index contributed by atoms with van der Waals surface area (Å²) < 4.78 is 11.1. The normalized spacial score (nSPS) is 10.2. The first-order chi connectivity index (χ1) is 10.7. The van der Waals surface area contributed by atoms with E-state index in [1.165, 1.54) is 5.56 Å². The van der Waals surface area contributed by atoms with Crippen LogP contribution in [0.4, 0.5) is 0 Å². The number of amides is 1. The van der Waals surface area contributed by atoms with Crippen molar-refractivity contribution in [2.75, 3.05) is 6.54 Å². The molecule has 4 nitrogen and oxygen atoms in total. The summed E-state index contributed by atoms with van der Waals surface area (Å²) >= 11 is 0. The number of hydrogen-bond acceptors (Lipinski definition) is 3. The minimum Gasteiger partial charge on any atom is -0.486 e. The highest BCUT2D eigenvalue weighted by Crippen LogP contribution is 2.16. The maximum atomic E-state index is 11.7. The number of ether oxygens (including phenoxy) is 1. The summed E-state index contributed by atoms with van der Waals surface area (Å²) in [4.78, 5) is 11.7. The van der Waals surface area contributed by atoms with Crippen molar-refractivity contribution in [1.82, 2.24) is 5.32 Å². The van der Waals surface area contributed by atoms with Crippen molar-refractivity contribution in [3.63, 3.8) is 0 Å². The summed E-state index contributed by atoms with van der Waals surface area (Å²) in [6.07, 6.45) is 3.82. The van der Waals surface area contributed by atoms with E-state index in [4.69, 9.17) is 9.15 Å². The standard InChI is InChI=1S/C18H21NO3/c1-3-5-14-6-8-15(9-7-14)21-13-16-10-11-17(22-16)18(20)19-12-4-2/h4,6-11H,2-3,5,12-13H2,1H3,(H,19,20). The lowest BCUT2D eigenvalue weighted by atomic mass is 10.1. The van der Waals surface area contributed by atoms with Crippen LogP contribution in [-0.4, -0.2) is 12.5 Å². The predicted octanol–water partition coefficient (Wildman–Crippen LogP) is 3.73. The number of carbonyl (C=O) groups excluding carboxylic acids is 1. The van der Waals surface area contributed by atoms with Gasteiger partial charge in [0.25, 0.3) is 5.91 Å². The quantitative estimate of drug-likeness (QED) is 0.756. The third-order valence-electron chi connectivity index (χ3n) is 3.14. The van der Waals surface area contributed by atoms with Gasteiger partial charge in [-0.3, -0.25) is 4.79 Å². The molecule has 0 fully saturated rings. The van der Waals surface area contributed by atoms with Gasteiger partial charge in [-0.15, -0.1) is 6.58 Å². The van der Waals surface area contributed by atoms with Crippen LogP contribution < -0.4 is 10.1 Å². The topological polar surface area (TPSA) is 51.5 Å². The number of benzene rings is 1. The Balaban J connectivity index is 1.87. The molecule has 0 saturated heterocycles. The molecule has 0 bridgehead atoms. The second-order valence-corrected chi connectivity index (χ2v) is 4.95. The van der Waals surface area contributed by atoms with Crippen LogP contribution in [0.15, 0.2) is 53.5 Å². The van der Waals surface area contributed by atoms with Gasteiger partial charge in [0.2, 0.25) is 0 Å². The van der Waals surface area contributed by atoms with Crippen molar-refractivity contribution in [2.24, 2.45) is 0 Å². The third kappa shape index (κ3) is 4.52. The zero-order chi connectivity index (χ0) is 15.8. The second kappa shape index (κ2) is 8.08. The summed E-state index contributed by atoms with van der Waals surface area (Å²) in [5, 5.41) is 2.66. The van der Waals surface area contributed by atoms with Crippen molar-refractivity contribution in [3.8, 4) is 5.75 Å². The smallest absolute Gasteiger partial charge is 0.287 e. The molecule has 0 aliphatic rings. The monoisotopic (exact) mass is 299 g/mol. The van der Waals surface area contributed by atoms with Gasteiger partial charge >= 0.3 is 0 Å². The molecule has 1 aromatic carbocycles. The Hall–Kier alpha value is -2.49. The van der Waals surface area contributed by atoms with Crippen molar-refractivity contribution < 1.29 is 13.9 Å². The predicted molar refractivity (Wildman–Crippen MR) is 86.0 cm³/mol. The van der Waals surface area contributed by atoms with Gasteiger partial charge in [0.15, 0.2) is 5.76 Å². The Labute approximate surface area is 130 Å². The van der Waals surface area contributed by atoms with Crippen LogP contribution in [0.5, 0.6) is 5.75 Å². The molecule has 0 saturated carbocycles. The van der Waals surface area contributed by atoms with Crippen molar-refractivity contribution in [2.45, 2.75) is 26.4 Å². The SMILES string of the molecule is C=CCNC(=O)c1ccc(COc2ccc(CCC)cc2)o1. The molecule has 116 valence electrons. The fourth-order valence-corrected chi connectivity index (χ4v) is 2.02. The molecule has 0 radical (unpaired) electrons. The van der Waals surface area contributed by atoms with Crippen LogP contribution in [0, 0.1) is 0 Å². The molecule has 0 atom stereocenters. The first-order valence-electron chi connectivity index (χ1n) is 7.42. The molecule has 1 aromatic heterocycles. The lowest BCUT2D eigenvalue weighted by Gasteiger charge is -2.05. The number of carbonyl (C=O) groups is 1. The van der Waals surface area contributed by atoms with Crippen molar-refractivity contribution in [1.29, 1.82) is 0 Å². The molecule has 1 N–H and O–H groups in total. The number of hydrogen-bond donors (Lipinski definition) is 1. The minimum absolute atomic E-state index is 0.255. The van der Waals surface area contributed by atoms with Gasteiger partial charge in [0.1, 0.15) is 18.1 Å².